The molecule has 0 fully saturated rings. The van der Waals surface area contributed by atoms with Crippen LogP contribution in [0.25, 0.3) is 0 Å². The van der Waals surface area contributed by atoms with E-state index in [0.717, 1.165) is 15.6 Å². The van der Waals surface area contributed by atoms with Gasteiger partial charge in [-0.3, -0.25) is 0 Å². The first kappa shape index (κ1) is 11.9. The molecule has 2 nitrogen and oxygen atoms in total. The molecule has 0 N–H and O–H groups in total. The molecule has 0 amide bonds. The third kappa shape index (κ3) is 3.71. The van der Waals surface area contributed by atoms with Crippen molar-refractivity contribution in [1.82, 2.24) is 0 Å². The SMILES string of the molecule is Brc1ccccc1/[C]=N\OCc1ccccc1. The standard InChI is InChI=1S/C14H11BrNO/c15-14-9-5-4-8-13(14)10-16-17-11-12-6-2-1-3-7-12/h1-9H,11H2. The Morgan fingerprint density at radius 2 is 1.71 bits per heavy atom. The Labute approximate surface area is 109 Å². The third-order valence-corrected chi connectivity index (χ3v) is 2.87. The summed E-state index contributed by atoms with van der Waals surface area (Å²) in [5, 5.41) is 3.82. The first-order valence-electron chi connectivity index (χ1n) is 5.23. The smallest absolute Gasteiger partial charge is 0.142 e. The van der Waals surface area contributed by atoms with Gasteiger partial charge in [0.1, 0.15) is 12.8 Å². The van der Waals surface area contributed by atoms with E-state index in [9.17, 15) is 0 Å². The molecule has 0 atom stereocenters. The van der Waals surface area contributed by atoms with Crippen molar-refractivity contribution in [2.75, 3.05) is 0 Å². The fraction of sp³-hybridized carbons (Fsp3) is 0.0714. The molecule has 0 aromatic heterocycles. The molecule has 2 aromatic rings. The summed E-state index contributed by atoms with van der Waals surface area (Å²) in [5.41, 5.74) is 1.96. The maximum atomic E-state index is 5.17. The van der Waals surface area contributed by atoms with Gasteiger partial charge < -0.3 is 4.84 Å². The average Bonchev–Trinajstić information content (AvgIpc) is 2.38. The van der Waals surface area contributed by atoms with Crippen molar-refractivity contribution in [2.45, 2.75) is 6.61 Å². The Morgan fingerprint density at radius 1 is 1.00 bits per heavy atom. The van der Waals surface area contributed by atoms with Crippen molar-refractivity contribution in [1.29, 1.82) is 0 Å². The van der Waals surface area contributed by atoms with Gasteiger partial charge in [0.15, 0.2) is 0 Å². The van der Waals surface area contributed by atoms with Gasteiger partial charge in [-0.25, -0.2) is 0 Å². The van der Waals surface area contributed by atoms with E-state index in [0.29, 0.717) is 6.61 Å². The first-order chi connectivity index (χ1) is 8.36. The lowest BCUT2D eigenvalue weighted by molar-refractivity contribution is 0.132. The Hall–Kier alpha value is -1.61. The van der Waals surface area contributed by atoms with Gasteiger partial charge in [0.2, 0.25) is 0 Å². The van der Waals surface area contributed by atoms with Gasteiger partial charge in [-0.2, -0.15) is 0 Å². The molecular weight excluding hydrogens is 278 g/mol. The minimum absolute atomic E-state index is 0.457. The molecule has 0 aliphatic rings. The fourth-order valence-electron chi connectivity index (χ4n) is 1.31. The summed E-state index contributed by atoms with van der Waals surface area (Å²) in [4.78, 5) is 5.17. The van der Waals surface area contributed by atoms with Crippen LogP contribution in [0.2, 0.25) is 0 Å². The second kappa shape index (κ2) is 6.21. The summed E-state index contributed by atoms with van der Waals surface area (Å²) in [5.74, 6) is 0. The van der Waals surface area contributed by atoms with E-state index in [1.54, 1.807) is 0 Å². The number of rotatable bonds is 4. The number of hydrogen-bond acceptors (Lipinski definition) is 2. The highest BCUT2D eigenvalue weighted by Crippen LogP contribution is 2.13. The lowest BCUT2D eigenvalue weighted by atomic mass is 10.2. The predicted octanol–water partition coefficient (Wildman–Crippen LogP) is 3.88. The lowest BCUT2D eigenvalue weighted by Crippen LogP contribution is -1.88. The van der Waals surface area contributed by atoms with E-state index in [1.807, 2.05) is 54.6 Å². The zero-order valence-electron chi connectivity index (χ0n) is 9.14. The Bertz CT molecular complexity index is 497. The van der Waals surface area contributed by atoms with E-state index in [4.69, 9.17) is 4.84 Å². The maximum Gasteiger partial charge on any atom is 0.142 e. The number of nitrogens with zero attached hydrogens (tertiary/aromatic N) is 1. The maximum absolute atomic E-state index is 5.17. The topological polar surface area (TPSA) is 21.6 Å². The van der Waals surface area contributed by atoms with Gasteiger partial charge in [0.05, 0.1) is 0 Å². The molecule has 0 spiro atoms. The van der Waals surface area contributed by atoms with Crippen LogP contribution in [0.1, 0.15) is 11.1 Å². The van der Waals surface area contributed by atoms with Gasteiger partial charge in [-0.15, -0.1) is 0 Å². The molecule has 3 heteroatoms. The van der Waals surface area contributed by atoms with Gasteiger partial charge in [-0.05, 0) is 11.6 Å². The van der Waals surface area contributed by atoms with E-state index < -0.39 is 0 Å². The third-order valence-electron chi connectivity index (χ3n) is 2.18. The van der Waals surface area contributed by atoms with E-state index in [-0.39, 0.29) is 0 Å². The molecule has 0 saturated heterocycles. The van der Waals surface area contributed by atoms with Crippen LogP contribution in [0.15, 0.2) is 64.2 Å². The van der Waals surface area contributed by atoms with Crippen LogP contribution in [0, 0.1) is 0 Å². The van der Waals surface area contributed by atoms with Gasteiger partial charge in [-0.1, -0.05) is 69.6 Å². The zero-order valence-corrected chi connectivity index (χ0v) is 10.7. The van der Waals surface area contributed by atoms with Crippen LogP contribution in [-0.4, -0.2) is 6.21 Å². The molecule has 2 aromatic carbocycles. The van der Waals surface area contributed by atoms with Crippen molar-refractivity contribution < 1.29 is 4.84 Å². The highest BCUT2D eigenvalue weighted by atomic mass is 79.9. The summed E-state index contributed by atoms with van der Waals surface area (Å²) in [7, 11) is 0. The van der Waals surface area contributed by atoms with E-state index in [1.165, 1.54) is 0 Å². The minimum atomic E-state index is 0.457. The molecule has 0 aliphatic carbocycles. The molecular formula is C14H11BrNO. The van der Waals surface area contributed by atoms with Crippen LogP contribution in [0.3, 0.4) is 0 Å². The largest absolute Gasteiger partial charge is 0.390 e. The normalized spacial score (nSPS) is 10.6. The molecule has 0 unspecified atom stereocenters. The minimum Gasteiger partial charge on any atom is -0.390 e. The molecule has 0 bridgehead atoms. The van der Waals surface area contributed by atoms with Crippen LogP contribution >= 0.6 is 15.9 Å². The summed E-state index contributed by atoms with van der Waals surface area (Å²) in [6.07, 6.45) is 2.84. The van der Waals surface area contributed by atoms with Crippen LogP contribution < -0.4 is 0 Å². The molecule has 1 radical (unpaired) electrons. The van der Waals surface area contributed by atoms with Crippen LogP contribution in [0.4, 0.5) is 0 Å². The quantitative estimate of drug-likeness (QED) is 0.618. The Morgan fingerprint density at radius 3 is 2.47 bits per heavy atom. The molecule has 0 saturated carbocycles. The van der Waals surface area contributed by atoms with E-state index >= 15 is 0 Å². The summed E-state index contributed by atoms with van der Waals surface area (Å²) in [6.45, 7) is 0.457. The van der Waals surface area contributed by atoms with Crippen LogP contribution in [-0.2, 0) is 11.4 Å². The summed E-state index contributed by atoms with van der Waals surface area (Å²) in [6, 6.07) is 17.6. The molecule has 0 aliphatic heterocycles. The monoisotopic (exact) mass is 288 g/mol. The number of benzene rings is 2. The van der Waals surface area contributed by atoms with Crippen molar-refractivity contribution in [3.63, 3.8) is 0 Å². The van der Waals surface area contributed by atoms with Crippen LogP contribution in [0.5, 0.6) is 0 Å². The van der Waals surface area contributed by atoms with E-state index in [2.05, 4.69) is 27.3 Å². The van der Waals surface area contributed by atoms with Crippen molar-refractivity contribution >= 4 is 22.1 Å². The molecule has 0 heterocycles. The Kier molecular flexibility index (Phi) is 4.33. The first-order valence-corrected chi connectivity index (χ1v) is 6.02. The fourth-order valence-corrected chi connectivity index (χ4v) is 1.69. The van der Waals surface area contributed by atoms with Crippen molar-refractivity contribution in [2.24, 2.45) is 5.16 Å². The second-order valence-corrected chi connectivity index (χ2v) is 4.30. The second-order valence-electron chi connectivity index (χ2n) is 3.44. The number of halogens is 1. The van der Waals surface area contributed by atoms with Gasteiger partial charge in [0.25, 0.3) is 0 Å². The average molecular weight is 289 g/mol. The number of hydrogen-bond donors (Lipinski definition) is 0. The van der Waals surface area contributed by atoms with Crippen molar-refractivity contribution in [3.05, 3.63) is 70.2 Å². The predicted molar refractivity (Wildman–Crippen MR) is 71.9 cm³/mol. The highest BCUT2D eigenvalue weighted by molar-refractivity contribution is 9.10. The zero-order chi connectivity index (χ0) is 11.9. The lowest BCUT2D eigenvalue weighted by Gasteiger charge is -1.99. The summed E-state index contributed by atoms with van der Waals surface area (Å²) >= 11 is 3.42. The molecule has 2 rings (SSSR count). The van der Waals surface area contributed by atoms with Crippen molar-refractivity contribution in [3.8, 4) is 0 Å². The van der Waals surface area contributed by atoms with Gasteiger partial charge >= 0.3 is 0 Å². The highest BCUT2D eigenvalue weighted by Gasteiger charge is 1.95. The Balaban J connectivity index is 1.89. The molecule has 85 valence electrons. The van der Waals surface area contributed by atoms with Gasteiger partial charge in [0, 0.05) is 10.0 Å². The summed E-state index contributed by atoms with van der Waals surface area (Å²) < 4.78 is 0.951. The molecule has 17 heavy (non-hydrogen) atoms.